The van der Waals surface area contributed by atoms with Crippen LogP contribution in [0.1, 0.15) is 22.2 Å². The van der Waals surface area contributed by atoms with E-state index in [-0.39, 0.29) is 17.2 Å². The smallest absolute Gasteiger partial charge is 0.287 e. The molecule has 2 aromatic carbocycles. The fourth-order valence-electron chi connectivity index (χ4n) is 3.54. The minimum atomic E-state index is -0.402. The van der Waals surface area contributed by atoms with Crippen LogP contribution in [0, 0.1) is 0 Å². The van der Waals surface area contributed by atoms with Gasteiger partial charge in [-0.2, -0.15) is 0 Å². The first kappa shape index (κ1) is 19.8. The van der Waals surface area contributed by atoms with E-state index in [2.05, 4.69) is 38.3 Å². The number of nitrogens with zero attached hydrogens (tertiary/aromatic N) is 1. The molecular formula is C22H21BrN2O4. The summed E-state index contributed by atoms with van der Waals surface area (Å²) in [5.74, 6) is -0.389. The van der Waals surface area contributed by atoms with Gasteiger partial charge in [-0.3, -0.25) is 14.5 Å². The highest BCUT2D eigenvalue weighted by molar-refractivity contribution is 9.10. The Bertz CT molecular complexity index is 1060. The largest absolute Gasteiger partial charge is 0.451 e. The van der Waals surface area contributed by atoms with Crippen LogP contribution >= 0.6 is 15.9 Å². The number of benzene rings is 2. The summed E-state index contributed by atoms with van der Waals surface area (Å²) in [7, 11) is 0. The molecule has 7 heteroatoms. The van der Waals surface area contributed by atoms with Crippen molar-refractivity contribution in [3.8, 4) is 0 Å². The first-order valence-corrected chi connectivity index (χ1v) is 10.3. The van der Waals surface area contributed by atoms with Gasteiger partial charge < -0.3 is 14.5 Å². The molecule has 1 atom stereocenters. The van der Waals surface area contributed by atoms with Crippen LogP contribution in [0.2, 0.25) is 0 Å². The monoisotopic (exact) mass is 456 g/mol. The van der Waals surface area contributed by atoms with Crippen molar-refractivity contribution in [2.75, 3.05) is 32.8 Å². The third-order valence-corrected chi connectivity index (χ3v) is 5.53. The zero-order valence-corrected chi connectivity index (χ0v) is 17.4. The van der Waals surface area contributed by atoms with Gasteiger partial charge in [-0.05, 0) is 23.8 Å². The highest BCUT2D eigenvalue weighted by atomic mass is 79.9. The van der Waals surface area contributed by atoms with E-state index in [1.807, 2.05) is 18.2 Å². The van der Waals surface area contributed by atoms with Crippen LogP contribution in [0.4, 0.5) is 0 Å². The van der Waals surface area contributed by atoms with Crippen molar-refractivity contribution in [3.05, 3.63) is 80.6 Å². The molecule has 3 aromatic rings. The number of carbonyl (C=O) groups is 1. The van der Waals surface area contributed by atoms with Gasteiger partial charge in [0, 0.05) is 30.2 Å². The normalized spacial score (nSPS) is 15.9. The first-order valence-electron chi connectivity index (χ1n) is 9.50. The van der Waals surface area contributed by atoms with Gasteiger partial charge in [-0.25, -0.2) is 0 Å². The van der Waals surface area contributed by atoms with E-state index in [9.17, 15) is 9.59 Å². The molecule has 0 unspecified atom stereocenters. The quantitative estimate of drug-likeness (QED) is 0.637. The summed E-state index contributed by atoms with van der Waals surface area (Å²) in [4.78, 5) is 27.4. The van der Waals surface area contributed by atoms with Gasteiger partial charge in [0.05, 0.1) is 24.6 Å². The summed E-state index contributed by atoms with van der Waals surface area (Å²) < 4.78 is 11.9. The summed E-state index contributed by atoms with van der Waals surface area (Å²) in [5.41, 5.74) is 1.27. The Morgan fingerprint density at radius 2 is 1.86 bits per heavy atom. The standard InChI is InChI=1S/C22H21BrN2O4/c23-16-6-7-20-17(12-16)19(26)13-21(29-20)22(27)24-14-18(15-4-2-1-3-5-15)25-8-10-28-11-9-25/h1-7,12-13,18H,8-11,14H2,(H,24,27)/t18-/m1/s1. The molecule has 1 aliphatic rings. The van der Waals surface area contributed by atoms with Crippen LogP contribution in [0.5, 0.6) is 0 Å². The molecular weight excluding hydrogens is 436 g/mol. The summed E-state index contributed by atoms with van der Waals surface area (Å²) in [6.07, 6.45) is 0. The lowest BCUT2D eigenvalue weighted by molar-refractivity contribution is 0.0161. The molecule has 0 saturated carbocycles. The van der Waals surface area contributed by atoms with Gasteiger partial charge in [-0.15, -0.1) is 0 Å². The number of morpholine rings is 1. The molecule has 1 saturated heterocycles. The minimum absolute atomic E-state index is 0.0126. The zero-order chi connectivity index (χ0) is 20.2. The van der Waals surface area contributed by atoms with Crippen molar-refractivity contribution >= 4 is 32.8 Å². The van der Waals surface area contributed by atoms with Gasteiger partial charge in [0.15, 0.2) is 11.2 Å². The molecule has 2 heterocycles. The Kier molecular flexibility index (Phi) is 6.08. The fraction of sp³-hybridized carbons (Fsp3) is 0.273. The van der Waals surface area contributed by atoms with E-state index in [0.29, 0.717) is 30.7 Å². The van der Waals surface area contributed by atoms with Gasteiger partial charge in [0.25, 0.3) is 5.91 Å². The molecule has 0 spiro atoms. The molecule has 0 radical (unpaired) electrons. The van der Waals surface area contributed by atoms with Gasteiger partial charge in [0.1, 0.15) is 5.58 Å². The highest BCUT2D eigenvalue weighted by Crippen LogP contribution is 2.22. The molecule has 1 aromatic heterocycles. The maximum Gasteiger partial charge on any atom is 0.287 e. The second-order valence-electron chi connectivity index (χ2n) is 6.90. The van der Waals surface area contributed by atoms with E-state index < -0.39 is 5.91 Å². The summed E-state index contributed by atoms with van der Waals surface area (Å²) >= 11 is 3.34. The number of amides is 1. The second-order valence-corrected chi connectivity index (χ2v) is 7.82. The van der Waals surface area contributed by atoms with E-state index in [4.69, 9.17) is 9.15 Å². The molecule has 1 amide bonds. The average molecular weight is 457 g/mol. The Morgan fingerprint density at radius 3 is 2.62 bits per heavy atom. The minimum Gasteiger partial charge on any atom is -0.451 e. The SMILES string of the molecule is O=C(NC[C@H](c1ccccc1)N1CCOCC1)c1cc(=O)c2cc(Br)ccc2o1. The van der Waals surface area contributed by atoms with E-state index in [1.165, 1.54) is 6.07 Å². The number of ether oxygens (including phenoxy) is 1. The molecule has 1 fully saturated rings. The topological polar surface area (TPSA) is 71.8 Å². The van der Waals surface area contributed by atoms with Crippen LogP contribution in [-0.2, 0) is 4.74 Å². The van der Waals surface area contributed by atoms with Gasteiger partial charge in [-0.1, -0.05) is 46.3 Å². The van der Waals surface area contributed by atoms with Gasteiger partial charge >= 0.3 is 0 Å². The summed E-state index contributed by atoms with van der Waals surface area (Å²) in [6, 6.07) is 16.5. The van der Waals surface area contributed by atoms with Crippen LogP contribution in [-0.4, -0.2) is 43.7 Å². The van der Waals surface area contributed by atoms with E-state index in [1.54, 1.807) is 18.2 Å². The maximum absolute atomic E-state index is 12.7. The predicted octanol–water partition coefficient (Wildman–Crippen LogP) is 3.36. The number of nitrogens with one attached hydrogen (secondary N) is 1. The lowest BCUT2D eigenvalue weighted by Crippen LogP contribution is -2.43. The number of carbonyl (C=O) groups excluding carboxylic acids is 1. The van der Waals surface area contributed by atoms with Crippen LogP contribution in [0.15, 0.2) is 68.3 Å². The highest BCUT2D eigenvalue weighted by Gasteiger charge is 2.24. The molecule has 150 valence electrons. The second kappa shape index (κ2) is 8.90. The van der Waals surface area contributed by atoms with Gasteiger partial charge in [0.2, 0.25) is 0 Å². The predicted molar refractivity (Wildman–Crippen MR) is 114 cm³/mol. The maximum atomic E-state index is 12.7. The number of fused-ring (bicyclic) bond motifs is 1. The third kappa shape index (κ3) is 4.58. The molecule has 4 rings (SSSR count). The molecule has 6 nitrogen and oxygen atoms in total. The summed E-state index contributed by atoms with van der Waals surface area (Å²) in [5, 5.41) is 3.37. The van der Waals surface area contributed by atoms with Crippen LogP contribution < -0.4 is 10.7 Å². The zero-order valence-electron chi connectivity index (χ0n) is 15.8. The molecule has 1 aliphatic heterocycles. The molecule has 0 bridgehead atoms. The lowest BCUT2D eigenvalue weighted by atomic mass is 10.0. The lowest BCUT2D eigenvalue weighted by Gasteiger charge is -2.34. The number of hydrogen-bond acceptors (Lipinski definition) is 5. The van der Waals surface area contributed by atoms with Crippen molar-refractivity contribution in [2.24, 2.45) is 0 Å². The van der Waals surface area contributed by atoms with E-state index >= 15 is 0 Å². The third-order valence-electron chi connectivity index (χ3n) is 5.04. The molecule has 1 N–H and O–H groups in total. The first-order chi connectivity index (χ1) is 14.1. The van der Waals surface area contributed by atoms with Crippen molar-refractivity contribution in [2.45, 2.75) is 6.04 Å². The van der Waals surface area contributed by atoms with Crippen molar-refractivity contribution < 1.29 is 13.9 Å². The summed E-state index contributed by atoms with van der Waals surface area (Å²) in [6.45, 7) is 3.36. The Labute approximate surface area is 176 Å². The van der Waals surface area contributed by atoms with Crippen molar-refractivity contribution in [1.82, 2.24) is 10.2 Å². The van der Waals surface area contributed by atoms with E-state index in [0.717, 1.165) is 23.1 Å². The number of hydrogen-bond donors (Lipinski definition) is 1. The molecule has 29 heavy (non-hydrogen) atoms. The Morgan fingerprint density at radius 1 is 1.10 bits per heavy atom. The number of halogens is 1. The Balaban J connectivity index is 1.54. The van der Waals surface area contributed by atoms with Crippen molar-refractivity contribution in [3.63, 3.8) is 0 Å². The number of rotatable bonds is 5. The van der Waals surface area contributed by atoms with Crippen LogP contribution in [0.3, 0.4) is 0 Å². The fourth-order valence-corrected chi connectivity index (χ4v) is 3.90. The molecule has 0 aliphatic carbocycles. The van der Waals surface area contributed by atoms with Crippen LogP contribution in [0.25, 0.3) is 11.0 Å². The van der Waals surface area contributed by atoms with Crippen molar-refractivity contribution in [1.29, 1.82) is 0 Å². The average Bonchev–Trinajstić information content (AvgIpc) is 2.75. The Hall–Kier alpha value is -2.48.